The fourth-order valence-electron chi connectivity index (χ4n) is 0.962. The number of nitrogens with one attached hydrogen (secondary N) is 1. The van der Waals surface area contributed by atoms with Gasteiger partial charge in [-0.15, -0.1) is 0 Å². The van der Waals surface area contributed by atoms with Crippen molar-refractivity contribution in [3.05, 3.63) is 35.1 Å². The lowest BCUT2D eigenvalue weighted by Gasteiger charge is -2.03. The maximum Gasteiger partial charge on any atom is 0.161 e. The van der Waals surface area contributed by atoms with Crippen LogP contribution in [0.2, 0.25) is 0 Å². The number of hydrazine groups is 1. The Hall–Kier alpha value is -1.07. The van der Waals surface area contributed by atoms with Gasteiger partial charge in [0.25, 0.3) is 0 Å². The van der Waals surface area contributed by atoms with Gasteiger partial charge in [-0.1, -0.05) is 0 Å². The predicted molar refractivity (Wildman–Crippen MR) is 42.2 cm³/mol. The maximum absolute atomic E-state index is 12.9. The standard InChI is InChI=1S/C8H9F3N2/c9-6-4-8(11)7(10)3-5(6)1-2-13-12/h3-4,13H,1-2,12H2. The molecule has 0 radical (unpaired) electrons. The molecule has 72 valence electrons. The van der Waals surface area contributed by atoms with Gasteiger partial charge in [-0.3, -0.25) is 11.3 Å². The van der Waals surface area contributed by atoms with Crippen molar-refractivity contribution in [2.75, 3.05) is 6.54 Å². The van der Waals surface area contributed by atoms with E-state index in [1.54, 1.807) is 0 Å². The number of nitrogens with two attached hydrogens (primary N) is 1. The van der Waals surface area contributed by atoms with E-state index in [2.05, 4.69) is 5.43 Å². The van der Waals surface area contributed by atoms with Crippen LogP contribution < -0.4 is 11.3 Å². The quantitative estimate of drug-likeness (QED) is 0.425. The maximum atomic E-state index is 12.9. The van der Waals surface area contributed by atoms with Crippen LogP contribution in [0.5, 0.6) is 0 Å². The summed E-state index contributed by atoms with van der Waals surface area (Å²) in [5.74, 6) is 1.97. The third-order valence-corrected chi connectivity index (χ3v) is 1.63. The summed E-state index contributed by atoms with van der Waals surface area (Å²) in [4.78, 5) is 0. The minimum absolute atomic E-state index is 0.108. The highest BCUT2D eigenvalue weighted by molar-refractivity contribution is 5.20. The first kappa shape index (κ1) is 10.0. The molecular formula is C8H9F3N2. The Labute approximate surface area is 73.5 Å². The third-order valence-electron chi connectivity index (χ3n) is 1.63. The summed E-state index contributed by atoms with van der Waals surface area (Å²) in [5, 5.41) is 0. The average Bonchev–Trinajstić information content (AvgIpc) is 2.09. The molecule has 0 bridgehead atoms. The van der Waals surface area contributed by atoms with Gasteiger partial charge in [0.1, 0.15) is 5.82 Å². The van der Waals surface area contributed by atoms with Crippen LogP contribution in [0.3, 0.4) is 0 Å². The van der Waals surface area contributed by atoms with Crippen molar-refractivity contribution < 1.29 is 13.2 Å². The van der Waals surface area contributed by atoms with E-state index < -0.39 is 17.5 Å². The second kappa shape index (κ2) is 4.25. The second-order valence-corrected chi connectivity index (χ2v) is 2.56. The normalized spacial score (nSPS) is 10.5. The zero-order valence-electron chi connectivity index (χ0n) is 6.78. The molecule has 0 aliphatic carbocycles. The molecule has 1 aromatic rings. The van der Waals surface area contributed by atoms with Crippen molar-refractivity contribution in [3.8, 4) is 0 Å². The van der Waals surface area contributed by atoms with Crippen LogP contribution in [0.4, 0.5) is 13.2 Å². The summed E-state index contributed by atoms with van der Waals surface area (Å²) in [5.41, 5.74) is 2.40. The topological polar surface area (TPSA) is 38.0 Å². The molecule has 1 rings (SSSR count). The summed E-state index contributed by atoms with van der Waals surface area (Å²) in [6.07, 6.45) is 0.222. The molecule has 0 aliphatic rings. The highest BCUT2D eigenvalue weighted by atomic mass is 19.2. The van der Waals surface area contributed by atoms with Gasteiger partial charge in [-0.05, 0) is 18.1 Å². The molecule has 0 amide bonds. The Bertz CT molecular complexity index is 302. The van der Waals surface area contributed by atoms with Gasteiger partial charge < -0.3 is 0 Å². The van der Waals surface area contributed by atoms with Gasteiger partial charge in [0, 0.05) is 12.6 Å². The molecule has 3 N–H and O–H groups in total. The molecule has 0 saturated heterocycles. The van der Waals surface area contributed by atoms with Crippen LogP contribution in [0.1, 0.15) is 5.56 Å². The minimum atomic E-state index is -1.18. The highest BCUT2D eigenvalue weighted by Crippen LogP contribution is 2.13. The third kappa shape index (κ3) is 2.43. The highest BCUT2D eigenvalue weighted by Gasteiger charge is 2.08. The van der Waals surface area contributed by atoms with Crippen molar-refractivity contribution in [2.45, 2.75) is 6.42 Å². The van der Waals surface area contributed by atoms with Crippen molar-refractivity contribution in [2.24, 2.45) is 5.84 Å². The number of benzene rings is 1. The van der Waals surface area contributed by atoms with Crippen LogP contribution in [-0.2, 0) is 6.42 Å². The fraction of sp³-hybridized carbons (Fsp3) is 0.250. The van der Waals surface area contributed by atoms with Gasteiger partial charge in [0.15, 0.2) is 11.6 Å². The van der Waals surface area contributed by atoms with Gasteiger partial charge in [0.05, 0.1) is 0 Å². The molecule has 0 aliphatic heterocycles. The SMILES string of the molecule is NNCCc1cc(F)c(F)cc1F. The number of hydrogen-bond donors (Lipinski definition) is 2. The van der Waals surface area contributed by atoms with E-state index in [0.29, 0.717) is 12.6 Å². The summed E-state index contributed by atoms with van der Waals surface area (Å²) >= 11 is 0. The van der Waals surface area contributed by atoms with Crippen molar-refractivity contribution in [3.63, 3.8) is 0 Å². The van der Waals surface area contributed by atoms with E-state index in [-0.39, 0.29) is 12.0 Å². The minimum Gasteiger partial charge on any atom is -0.271 e. The Balaban J connectivity index is 2.88. The molecule has 2 nitrogen and oxygen atoms in total. The van der Waals surface area contributed by atoms with E-state index >= 15 is 0 Å². The lowest BCUT2D eigenvalue weighted by atomic mass is 10.1. The molecule has 5 heteroatoms. The summed E-state index contributed by atoms with van der Waals surface area (Å²) in [7, 11) is 0. The van der Waals surface area contributed by atoms with Crippen LogP contribution in [0.15, 0.2) is 12.1 Å². The van der Waals surface area contributed by atoms with Crippen molar-refractivity contribution >= 4 is 0 Å². The Morgan fingerprint density at radius 1 is 1.08 bits per heavy atom. The lowest BCUT2D eigenvalue weighted by molar-refractivity contribution is 0.489. The van der Waals surface area contributed by atoms with Gasteiger partial charge in [0.2, 0.25) is 0 Å². The fourth-order valence-corrected chi connectivity index (χ4v) is 0.962. The smallest absolute Gasteiger partial charge is 0.161 e. The molecule has 0 heterocycles. The Kier molecular flexibility index (Phi) is 3.27. The largest absolute Gasteiger partial charge is 0.271 e. The molecule has 0 aromatic heterocycles. The van der Waals surface area contributed by atoms with Crippen molar-refractivity contribution in [1.82, 2.24) is 5.43 Å². The molecule has 0 saturated carbocycles. The molecule has 13 heavy (non-hydrogen) atoms. The van der Waals surface area contributed by atoms with Gasteiger partial charge >= 0.3 is 0 Å². The van der Waals surface area contributed by atoms with E-state index in [0.717, 1.165) is 6.07 Å². The van der Waals surface area contributed by atoms with E-state index in [1.165, 1.54) is 0 Å². The second-order valence-electron chi connectivity index (χ2n) is 2.56. The van der Waals surface area contributed by atoms with Crippen LogP contribution in [0.25, 0.3) is 0 Å². The van der Waals surface area contributed by atoms with Crippen LogP contribution >= 0.6 is 0 Å². The molecule has 0 fully saturated rings. The summed E-state index contributed by atoms with van der Waals surface area (Å²) in [6, 6.07) is 1.36. The number of hydrogen-bond acceptors (Lipinski definition) is 2. The zero-order chi connectivity index (χ0) is 9.84. The number of halogens is 3. The van der Waals surface area contributed by atoms with Gasteiger partial charge in [-0.25, -0.2) is 13.2 Å². The summed E-state index contributed by atoms with van der Waals surface area (Å²) in [6.45, 7) is 0.308. The first-order chi connectivity index (χ1) is 6.15. The Morgan fingerprint density at radius 3 is 2.31 bits per heavy atom. The van der Waals surface area contributed by atoms with E-state index in [9.17, 15) is 13.2 Å². The van der Waals surface area contributed by atoms with E-state index in [4.69, 9.17) is 5.84 Å². The predicted octanol–water partition coefficient (Wildman–Crippen LogP) is 1.11. The molecule has 0 atom stereocenters. The van der Waals surface area contributed by atoms with Crippen molar-refractivity contribution in [1.29, 1.82) is 0 Å². The van der Waals surface area contributed by atoms with Crippen LogP contribution in [-0.4, -0.2) is 6.54 Å². The van der Waals surface area contributed by atoms with Gasteiger partial charge in [-0.2, -0.15) is 0 Å². The molecular weight excluding hydrogens is 181 g/mol. The first-order valence-electron chi connectivity index (χ1n) is 3.72. The average molecular weight is 190 g/mol. The Morgan fingerprint density at radius 2 is 1.69 bits per heavy atom. The molecule has 1 aromatic carbocycles. The summed E-state index contributed by atoms with van der Waals surface area (Å²) < 4.78 is 37.9. The first-order valence-corrected chi connectivity index (χ1v) is 3.72. The lowest BCUT2D eigenvalue weighted by Crippen LogP contribution is -2.24. The van der Waals surface area contributed by atoms with E-state index in [1.807, 2.05) is 0 Å². The van der Waals surface area contributed by atoms with Crippen LogP contribution in [0, 0.1) is 17.5 Å². The molecule has 0 unspecified atom stereocenters. The zero-order valence-corrected chi connectivity index (χ0v) is 6.78. The molecule has 0 spiro atoms. The monoisotopic (exact) mass is 190 g/mol. The number of rotatable bonds is 3.